The van der Waals surface area contributed by atoms with Crippen LogP contribution in [0.3, 0.4) is 0 Å². The summed E-state index contributed by atoms with van der Waals surface area (Å²) < 4.78 is 0. The van der Waals surface area contributed by atoms with Crippen molar-refractivity contribution in [1.29, 1.82) is 0 Å². The van der Waals surface area contributed by atoms with Crippen molar-refractivity contribution in [1.82, 2.24) is 15.1 Å². The quantitative estimate of drug-likeness (QED) is 0.780. The van der Waals surface area contributed by atoms with Crippen molar-refractivity contribution in [3.8, 4) is 0 Å². The fourth-order valence-electron chi connectivity index (χ4n) is 3.21. The summed E-state index contributed by atoms with van der Waals surface area (Å²) in [4.78, 5) is 29.3. The number of carbonyl (C=O) groups is 2. The van der Waals surface area contributed by atoms with Crippen LogP contribution < -0.4 is 5.32 Å². The second-order valence-electron chi connectivity index (χ2n) is 7.48. The number of nitrogens with one attached hydrogen (secondary N) is 1. The van der Waals surface area contributed by atoms with Crippen LogP contribution in [-0.2, 0) is 9.59 Å². The zero-order valence-electron chi connectivity index (χ0n) is 15.8. The van der Waals surface area contributed by atoms with Gasteiger partial charge in [0.15, 0.2) is 0 Å². The van der Waals surface area contributed by atoms with Crippen LogP contribution in [0.5, 0.6) is 0 Å². The molecule has 5 heteroatoms. The fraction of sp³-hybridized carbons (Fsp3) is 0.889. The van der Waals surface area contributed by atoms with E-state index in [1.54, 1.807) is 4.90 Å². The molecule has 0 aromatic heterocycles. The number of likely N-dealkylation sites (tertiary alicyclic amines) is 1. The lowest BCUT2D eigenvalue weighted by atomic mass is 9.96. The van der Waals surface area contributed by atoms with Gasteiger partial charge in [0.25, 0.3) is 0 Å². The van der Waals surface area contributed by atoms with E-state index in [-0.39, 0.29) is 23.8 Å². The normalized spacial score (nSPS) is 21.8. The van der Waals surface area contributed by atoms with E-state index in [0.717, 1.165) is 32.2 Å². The number of piperidine rings is 1. The Morgan fingerprint density at radius 1 is 1.26 bits per heavy atom. The Balaban J connectivity index is 2.77. The number of likely N-dealkylation sites (N-methyl/N-ethyl adjacent to an activating group) is 2. The number of hydrogen-bond donors (Lipinski definition) is 1. The molecule has 0 saturated carbocycles. The number of amides is 2. The molecule has 0 aliphatic carbocycles. The van der Waals surface area contributed by atoms with Gasteiger partial charge in [-0.3, -0.25) is 14.5 Å². The minimum atomic E-state index is -0.424. The molecular formula is C18H35N3O2. The smallest absolute Gasteiger partial charge is 0.245 e. The monoisotopic (exact) mass is 325 g/mol. The number of rotatable bonds is 7. The highest BCUT2D eigenvalue weighted by Crippen LogP contribution is 2.17. The van der Waals surface area contributed by atoms with Gasteiger partial charge in [-0.2, -0.15) is 0 Å². The summed E-state index contributed by atoms with van der Waals surface area (Å²) in [5, 5.41) is 3.05. The summed E-state index contributed by atoms with van der Waals surface area (Å²) in [5.74, 6) is 0.584. The van der Waals surface area contributed by atoms with Crippen molar-refractivity contribution in [2.24, 2.45) is 11.8 Å². The van der Waals surface area contributed by atoms with Crippen molar-refractivity contribution in [2.75, 3.05) is 27.2 Å². The van der Waals surface area contributed by atoms with E-state index in [1.807, 2.05) is 21.0 Å². The largest absolute Gasteiger partial charge is 0.344 e. The Bertz CT molecular complexity index is 398. The molecule has 0 radical (unpaired) electrons. The molecule has 2 unspecified atom stereocenters. The molecule has 1 aliphatic rings. The highest BCUT2D eigenvalue weighted by atomic mass is 16.2. The minimum absolute atomic E-state index is 0.00352. The van der Waals surface area contributed by atoms with Gasteiger partial charge >= 0.3 is 0 Å². The van der Waals surface area contributed by atoms with E-state index in [9.17, 15) is 9.59 Å². The zero-order valence-corrected chi connectivity index (χ0v) is 15.8. The van der Waals surface area contributed by atoms with Crippen LogP contribution in [0.25, 0.3) is 0 Å². The summed E-state index contributed by atoms with van der Waals surface area (Å²) in [6.07, 6.45) is 3.97. The lowest BCUT2D eigenvalue weighted by Crippen LogP contribution is -2.56. The summed E-state index contributed by atoms with van der Waals surface area (Å²) >= 11 is 0. The fourth-order valence-corrected chi connectivity index (χ4v) is 3.21. The maximum absolute atomic E-state index is 12.8. The van der Waals surface area contributed by atoms with Crippen LogP contribution >= 0.6 is 0 Å². The molecule has 1 rings (SSSR count). The van der Waals surface area contributed by atoms with Gasteiger partial charge in [0.2, 0.25) is 11.8 Å². The highest BCUT2D eigenvalue weighted by Gasteiger charge is 2.33. The molecule has 1 aliphatic heterocycles. The average Bonchev–Trinajstić information content (AvgIpc) is 2.50. The molecule has 1 heterocycles. The highest BCUT2D eigenvalue weighted by molar-refractivity contribution is 5.90. The first kappa shape index (κ1) is 19.9. The van der Waals surface area contributed by atoms with Gasteiger partial charge < -0.3 is 10.2 Å². The maximum atomic E-state index is 12.8. The molecule has 23 heavy (non-hydrogen) atoms. The zero-order chi connectivity index (χ0) is 17.6. The molecule has 3 atom stereocenters. The lowest BCUT2D eigenvalue weighted by molar-refractivity contribution is -0.138. The first-order valence-corrected chi connectivity index (χ1v) is 9.03. The predicted molar refractivity (Wildman–Crippen MR) is 94.1 cm³/mol. The van der Waals surface area contributed by atoms with Crippen LogP contribution in [0.15, 0.2) is 0 Å². The molecule has 5 nitrogen and oxygen atoms in total. The van der Waals surface area contributed by atoms with E-state index in [1.165, 1.54) is 0 Å². The number of carbonyl (C=O) groups excluding carboxylic acids is 2. The van der Waals surface area contributed by atoms with Gasteiger partial charge in [0.05, 0.1) is 6.04 Å². The van der Waals surface area contributed by atoms with Crippen molar-refractivity contribution >= 4 is 11.8 Å². The maximum Gasteiger partial charge on any atom is 0.245 e. The van der Waals surface area contributed by atoms with Gasteiger partial charge in [-0.15, -0.1) is 0 Å². The molecule has 1 N–H and O–H groups in total. The van der Waals surface area contributed by atoms with E-state index < -0.39 is 6.04 Å². The Kier molecular flexibility index (Phi) is 8.03. The molecule has 0 aromatic carbocycles. The third-order valence-corrected chi connectivity index (χ3v) is 4.87. The van der Waals surface area contributed by atoms with E-state index in [2.05, 4.69) is 31.0 Å². The first-order chi connectivity index (χ1) is 10.8. The predicted octanol–water partition coefficient (Wildman–Crippen LogP) is 2.12. The van der Waals surface area contributed by atoms with Crippen LogP contribution in [0, 0.1) is 11.8 Å². The van der Waals surface area contributed by atoms with E-state index >= 15 is 0 Å². The number of nitrogens with zero attached hydrogens (tertiary/aromatic N) is 2. The molecule has 2 amide bonds. The van der Waals surface area contributed by atoms with Crippen LogP contribution in [-0.4, -0.2) is 60.9 Å². The Morgan fingerprint density at radius 2 is 1.91 bits per heavy atom. The van der Waals surface area contributed by atoms with E-state index in [0.29, 0.717) is 12.5 Å². The van der Waals surface area contributed by atoms with Crippen molar-refractivity contribution in [2.45, 2.75) is 65.5 Å². The lowest BCUT2D eigenvalue weighted by Gasteiger charge is -2.34. The Hall–Kier alpha value is -1.10. The van der Waals surface area contributed by atoms with Gasteiger partial charge in [0.1, 0.15) is 6.04 Å². The van der Waals surface area contributed by atoms with Gasteiger partial charge in [0, 0.05) is 13.6 Å². The molecule has 0 bridgehead atoms. The minimum Gasteiger partial charge on any atom is -0.344 e. The topological polar surface area (TPSA) is 52.7 Å². The van der Waals surface area contributed by atoms with Gasteiger partial charge in [-0.05, 0) is 38.3 Å². The average molecular weight is 325 g/mol. The van der Waals surface area contributed by atoms with Crippen LogP contribution in [0.4, 0.5) is 0 Å². The summed E-state index contributed by atoms with van der Waals surface area (Å²) in [5.41, 5.74) is 0. The Morgan fingerprint density at radius 3 is 2.43 bits per heavy atom. The molecule has 134 valence electrons. The Labute approximate surface area is 141 Å². The molecular weight excluding hydrogens is 290 g/mol. The van der Waals surface area contributed by atoms with Crippen molar-refractivity contribution < 1.29 is 9.59 Å². The van der Waals surface area contributed by atoms with Crippen LogP contribution in [0.2, 0.25) is 0 Å². The molecule has 0 aromatic rings. The van der Waals surface area contributed by atoms with Crippen molar-refractivity contribution in [3.05, 3.63) is 0 Å². The number of hydrogen-bond acceptors (Lipinski definition) is 3. The van der Waals surface area contributed by atoms with E-state index in [4.69, 9.17) is 0 Å². The van der Waals surface area contributed by atoms with Gasteiger partial charge in [-0.1, -0.05) is 40.5 Å². The SMILES string of the molecule is CCC(C)C(NC(=O)[C@H]1CCCCN1C)C(=O)N(C)CC(C)C. The standard InChI is InChI=1S/C18H35N3O2/c1-7-14(4)16(18(23)21(6)12-13(2)3)19-17(22)15-10-8-9-11-20(15)5/h13-16H,7-12H2,1-6H3,(H,19,22)/t14?,15-,16?/m1/s1. The molecule has 0 spiro atoms. The molecule has 1 saturated heterocycles. The third kappa shape index (κ3) is 5.79. The summed E-state index contributed by atoms with van der Waals surface area (Å²) in [6.45, 7) is 9.95. The first-order valence-electron chi connectivity index (χ1n) is 9.03. The van der Waals surface area contributed by atoms with Crippen LogP contribution in [0.1, 0.15) is 53.4 Å². The molecule has 1 fully saturated rings. The second kappa shape index (κ2) is 9.26. The van der Waals surface area contributed by atoms with Gasteiger partial charge in [-0.25, -0.2) is 0 Å². The van der Waals surface area contributed by atoms with Crippen molar-refractivity contribution in [3.63, 3.8) is 0 Å². The second-order valence-corrected chi connectivity index (χ2v) is 7.48. The summed E-state index contributed by atoms with van der Waals surface area (Å²) in [6, 6.07) is -0.523. The summed E-state index contributed by atoms with van der Waals surface area (Å²) in [7, 11) is 3.82. The third-order valence-electron chi connectivity index (χ3n) is 4.87.